The molecule has 1 fully saturated rings. The maximum absolute atomic E-state index is 12.2. The molecule has 2 rings (SSSR count). The summed E-state index contributed by atoms with van der Waals surface area (Å²) in [6.07, 6.45) is 4.27. The van der Waals surface area contributed by atoms with Crippen LogP contribution in [0.15, 0.2) is 34.1 Å². The van der Waals surface area contributed by atoms with Gasteiger partial charge in [-0.2, -0.15) is 0 Å². The van der Waals surface area contributed by atoms with Crippen molar-refractivity contribution in [1.82, 2.24) is 9.62 Å². The molecule has 0 unspecified atom stereocenters. The third kappa shape index (κ3) is 6.86. The monoisotopic (exact) mass is 410 g/mol. The van der Waals surface area contributed by atoms with Gasteiger partial charge in [-0.1, -0.05) is 6.92 Å². The number of sulfonamides is 1. The number of piperidine rings is 1. The molecule has 0 spiro atoms. The van der Waals surface area contributed by atoms with E-state index < -0.39 is 19.9 Å². The van der Waals surface area contributed by atoms with E-state index >= 15 is 0 Å². The van der Waals surface area contributed by atoms with E-state index in [9.17, 15) is 16.8 Å². The van der Waals surface area contributed by atoms with Crippen molar-refractivity contribution in [2.75, 3.05) is 32.4 Å². The van der Waals surface area contributed by atoms with Gasteiger partial charge < -0.3 is 4.90 Å². The van der Waals surface area contributed by atoms with Crippen molar-refractivity contribution in [3.05, 3.63) is 24.3 Å². The highest BCUT2D eigenvalue weighted by Crippen LogP contribution is 2.16. The van der Waals surface area contributed by atoms with Gasteiger partial charge in [0.05, 0.1) is 9.79 Å². The van der Waals surface area contributed by atoms with Gasteiger partial charge >= 0.3 is 0 Å². The van der Waals surface area contributed by atoms with Crippen LogP contribution >= 0.6 is 12.4 Å². The van der Waals surface area contributed by atoms with Crippen LogP contribution in [0.1, 0.15) is 26.2 Å². The van der Waals surface area contributed by atoms with Crippen LogP contribution in [-0.2, 0) is 19.9 Å². The number of halogens is 1. The highest BCUT2D eigenvalue weighted by Gasteiger charge is 2.17. The van der Waals surface area contributed by atoms with Crippen LogP contribution in [0, 0.1) is 5.92 Å². The Hall–Kier alpha value is -0.670. The van der Waals surface area contributed by atoms with Crippen LogP contribution in [-0.4, -0.2) is 54.2 Å². The molecule has 6 nitrogen and oxygen atoms in total. The van der Waals surface area contributed by atoms with E-state index in [0.717, 1.165) is 38.2 Å². The van der Waals surface area contributed by atoms with Crippen molar-refractivity contribution in [3.8, 4) is 0 Å². The molecular formula is C16H27ClN2O4S2. The molecule has 1 N–H and O–H groups in total. The van der Waals surface area contributed by atoms with Crippen LogP contribution in [0.2, 0.25) is 0 Å². The van der Waals surface area contributed by atoms with Crippen molar-refractivity contribution in [2.24, 2.45) is 5.92 Å². The summed E-state index contributed by atoms with van der Waals surface area (Å²) in [5, 5.41) is 0. The van der Waals surface area contributed by atoms with Crippen molar-refractivity contribution in [1.29, 1.82) is 0 Å². The van der Waals surface area contributed by atoms with Crippen molar-refractivity contribution < 1.29 is 16.8 Å². The largest absolute Gasteiger partial charge is 0.303 e. The smallest absolute Gasteiger partial charge is 0.240 e. The van der Waals surface area contributed by atoms with Crippen LogP contribution in [0.5, 0.6) is 0 Å². The molecular weight excluding hydrogens is 384 g/mol. The minimum Gasteiger partial charge on any atom is -0.303 e. The summed E-state index contributed by atoms with van der Waals surface area (Å²) >= 11 is 0. The maximum Gasteiger partial charge on any atom is 0.240 e. The Bertz CT molecular complexity index is 741. The van der Waals surface area contributed by atoms with Gasteiger partial charge in [-0.15, -0.1) is 12.4 Å². The van der Waals surface area contributed by atoms with Crippen LogP contribution < -0.4 is 4.72 Å². The highest BCUT2D eigenvalue weighted by atomic mass is 35.5. The first kappa shape index (κ1) is 22.4. The molecule has 1 aliphatic rings. The number of sulfone groups is 1. The summed E-state index contributed by atoms with van der Waals surface area (Å²) in [6.45, 7) is 5.70. The van der Waals surface area contributed by atoms with Gasteiger partial charge in [0.25, 0.3) is 0 Å². The number of nitrogens with zero attached hydrogens (tertiary/aromatic N) is 1. The van der Waals surface area contributed by atoms with E-state index in [1.165, 1.54) is 37.1 Å². The zero-order valence-corrected chi connectivity index (χ0v) is 17.1. The predicted molar refractivity (Wildman–Crippen MR) is 101 cm³/mol. The Morgan fingerprint density at radius 2 is 1.56 bits per heavy atom. The van der Waals surface area contributed by atoms with Gasteiger partial charge in [-0.05, 0) is 69.1 Å². The van der Waals surface area contributed by atoms with Crippen molar-refractivity contribution in [2.45, 2.75) is 36.0 Å². The molecule has 0 atom stereocenters. The molecule has 1 saturated heterocycles. The lowest BCUT2D eigenvalue weighted by molar-refractivity contribution is 0.191. The molecule has 0 radical (unpaired) electrons. The lowest BCUT2D eigenvalue weighted by Gasteiger charge is -2.30. The summed E-state index contributed by atoms with van der Waals surface area (Å²) in [5.74, 6) is 0.787. The quantitative estimate of drug-likeness (QED) is 0.694. The predicted octanol–water partition coefficient (Wildman–Crippen LogP) is 1.91. The molecule has 1 aromatic rings. The Labute approximate surface area is 157 Å². The second-order valence-electron chi connectivity index (χ2n) is 6.52. The SMILES string of the molecule is CC1CCN(CCCNS(=O)(=O)c2ccc(S(C)(=O)=O)cc2)CC1.Cl. The van der Waals surface area contributed by atoms with Crippen molar-refractivity contribution >= 4 is 32.3 Å². The van der Waals surface area contributed by atoms with E-state index in [1.807, 2.05) is 0 Å². The Balaban J connectivity index is 0.00000312. The molecule has 9 heteroatoms. The maximum atomic E-state index is 12.2. The first-order valence-corrected chi connectivity index (χ1v) is 11.6. The van der Waals surface area contributed by atoms with Crippen LogP contribution in [0.25, 0.3) is 0 Å². The number of hydrogen-bond donors (Lipinski definition) is 1. The van der Waals surface area contributed by atoms with Crippen molar-refractivity contribution in [3.63, 3.8) is 0 Å². The van der Waals surface area contributed by atoms with E-state index in [0.29, 0.717) is 6.54 Å². The van der Waals surface area contributed by atoms with E-state index in [-0.39, 0.29) is 22.2 Å². The number of rotatable bonds is 7. The number of nitrogens with one attached hydrogen (secondary N) is 1. The van der Waals surface area contributed by atoms with Crippen LogP contribution in [0.3, 0.4) is 0 Å². The standard InChI is InChI=1S/C16H26N2O4S2.ClH/c1-14-8-12-18(13-9-14)11-3-10-17-24(21,22)16-6-4-15(5-7-16)23(2,19)20;/h4-7,14,17H,3,8-13H2,1-2H3;1H. The molecule has 0 bridgehead atoms. The number of benzene rings is 1. The molecule has 0 amide bonds. The summed E-state index contributed by atoms with van der Waals surface area (Å²) in [4.78, 5) is 2.57. The van der Waals surface area contributed by atoms with Gasteiger partial charge in [0, 0.05) is 12.8 Å². The first-order chi connectivity index (χ1) is 11.2. The Kier molecular flexibility index (Phi) is 8.34. The average molecular weight is 411 g/mol. The van der Waals surface area contributed by atoms with Gasteiger partial charge in [-0.25, -0.2) is 21.6 Å². The lowest BCUT2D eigenvalue weighted by Crippen LogP contribution is -2.35. The first-order valence-electron chi connectivity index (χ1n) is 8.20. The second kappa shape index (κ2) is 9.32. The fraction of sp³-hybridized carbons (Fsp3) is 0.625. The fourth-order valence-electron chi connectivity index (χ4n) is 2.74. The van der Waals surface area contributed by atoms with E-state index in [4.69, 9.17) is 0 Å². The molecule has 1 aliphatic heterocycles. The second-order valence-corrected chi connectivity index (χ2v) is 10.3. The zero-order valence-electron chi connectivity index (χ0n) is 14.6. The average Bonchev–Trinajstić information content (AvgIpc) is 2.52. The minimum atomic E-state index is -3.60. The molecule has 144 valence electrons. The normalized spacial score (nSPS) is 17.2. The third-order valence-electron chi connectivity index (χ3n) is 4.38. The Morgan fingerprint density at radius 3 is 2.08 bits per heavy atom. The molecule has 0 saturated carbocycles. The zero-order chi connectivity index (χ0) is 17.8. The van der Waals surface area contributed by atoms with Gasteiger partial charge in [0.1, 0.15) is 0 Å². The number of likely N-dealkylation sites (tertiary alicyclic amines) is 1. The van der Waals surface area contributed by atoms with E-state index in [1.54, 1.807) is 0 Å². The van der Waals surface area contributed by atoms with Gasteiger partial charge in [0.2, 0.25) is 10.0 Å². The van der Waals surface area contributed by atoms with Crippen LogP contribution in [0.4, 0.5) is 0 Å². The summed E-state index contributed by atoms with van der Waals surface area (Å²) in [6, 6.07) is 5.28. The highest BCUT2D eigenvalue weighted by molar-refractivity contribution is 7.90. The molecule has 1 aromatic carbocycles. The van der Waals surface area contributed by atoms with Gasteiger partial charge in [0.15, 0.2) is 9.84 Å². The topological polar surface area (TPSA) is 83.6 Å². The third-order valence-corrected chi connectivity index (χ3v) is 6.99. The Morgan fingerprint density at radius 1 is 1.04 bits per heavy atom. The fourth-order valence-corrected chi connectivity index (χ4v) is 4.45. The lowest BCUT2D eigenvalue weighted by atomic mass is 9.99. The number of hydrogen-bond acceptors (Lipinski definition) is 5. The summed E-state index contributed by atoms with van der Waals surface area (Å²) < 4.78 is 49.8. The summed E-state index contributed by atoms with van der Waals surface area (Å²) in [7, 11) is -6.92. The molecule has 0 aromatic heterocycles. The molecule has 1 heterocycles. The minimum absolute atomic E-state index is 0. The molecule has 25 heavy (non-hydrogen) atoms. The summed E-state index contributed by atoms with van der Waals surface area (Å²) in [5.41, 5.74) is 0. The molecule has 0 aliphatic carbocycles. The van der Waals surface area contributed by atoms with E-state index in [2.05, 4.69) is 16.5 Å². The van der Waals surface area contributed by atoms with Gasteiger partial charge in [-0.3, -0.25) is 0 Å².